The number of hydrogen-bond acceptors (Lipinski definition) is 8. The Balaban J connectivity index is 3.51. The highest BCUT2D eigenvalue weighted by molar-refractivity contribution is 8.76. The summed E-state index contributed by atoms with van der Waals surface area (Å²) in [6, 6.07) is 0.526. The molecule has 1 amide bonds. The molecule has 0 aliphatic rings. The number of ether oxygens (including phenoxy) is 4. The van der Waals surface area contributed by atoms with Crippen LogP contribution in [0.15, 0.2) is 0 Å². The molecular weight excluding hydrogens is 448 g/mol. The fraction of sp³-hybridized carbons (Fsp3) is 0.870. The minimum absolute atomic E-state index is 0.0160. The number of hydrogen-bond donors (Lipinski definition) is 2. The van der Waals surface area contributed by atoms with Crippen LogP contribution in [0.25, 0.3) is 0 Å². The Bertz CT molecular complexity index is 510. The third-order valence-corrected chi connectivity index (χ3v) is 6.55. The second kappa shape index (κ2) is 22.3. The topological polar surface area (TPSA) is 78.1 Å². The van der Waals surface area contributed by atoms with Gasteiger partial charge in [-0.1, -0.05) is 75.0 Å². The maximum atomic E-state index is 11.5. The van der Waals surface area contributed by atoms with Crippen LogP contribution >= 0.6 is 21.6 Å². The van der Waals surface area contributed by atoms with Gasteiger partial charge in [0.05, 0.1) is 46.2 Å². The summed E-state index contributed by atoms with van der Waals surface area (Å²) >= 11 is 0. The van der Waals surface area contributed by atoms with E-state index in [4.69, 9.17) is 18.9 Å². The summed E-state index contributed by atoms with van der Waals surface area (Å²) < 4.78 is 22.2. The third kappa shape index (κ3) is 22.7. The van der Waals surface area contributed by atoms with E-state index in [0.29, 0.717) is 64.1 Å². The van der Waals surface area contributed by atoms with Gasteiger partial charge in [0.15, 0.2) is 0 Å². The van der Waals surface area contributed by atoms with Crippen molar-refractivity contribution in [3.63, 3.8) is 0 Å². The fourth-order valence-electron chi connectivity index (χ4n) is 2.11. The molecule has 2 N–H and O–H groups in total. The van der Waals surface area contributed by atoms with E-state index in [2.05, 4.69) is 50.2 Å². The van der Waals surface area contributed by atoms with Crippen molar-refractivity contribution < 1.29 is 23.7 Å². The summed E-state index contributed by atoms with van der Waals surface area (Å²) in [5.41, 5.74) is 0.162. The van der Waals surface area contributed by atoms with E-state index in [0.717, 1.165) is 12.3 Å². The largest absolute Gasteiger partial charge is 0.377 e. The summed E-state index contributed by atoms with van der Waals surface area (Å²) in [4.78, 5) is 11.5. The molecule has 0 fully saturated rings. The SMILES string of the molecule is CC(C)C#CCNC(=O)COCCOCCOCCOC(SSCCNC(C)C)C(C)C. The van der Waals surface area contributed by atoms with Crippen molar-refractivity contribution in [3.05, 3.63) is 0 Å². The van der Waals surface area contributed by atoms with E-state index in [1.807, 2.05) is 24.6 Å². The second-order valence-corrected chi connectivity index (χ2v) is 10.6. The van der Waals surface area contributed by atoms with Crippen LogP contribution in [0.4, 0.5) is 0 Å². The molecule has 9 heteroatoms. The van der Waals surface area contributed by atoms with Gasteiger partial charge in [0.1, 0.15) is 12.0 Å². The Labute approximate surface area is 203 Å². The maximum Gasteiger partial charge on any atom is 0.246 e. The third-order valence-electron chi connectivity index (χ3n) is 3.70. The van der Waals surface area contributed by atoms with Gasteiger partial charge in [0.2, 0.25) is 5.91 Å². The van der Waals surface area contributed by atoms with Crippen LogP contribution in [-0.4, -0.2) is 82.5 Å². The van der Waals surface area contributed by atoms with Crippen LogP contribution < -0.4 is 10.6 Å². The van der Waals surface area contributed by atoms with E-state index >= 15 is 0 Å². The highest BCUT2D eigenvalue weighted by atomic mass is 33.1. The molecule has 0 heterocycles. The Morgan fingerprint density at radius 1 is 0.906 bits per heavy atom. The molecule has 0 saturated carbocycles. The average molecular weight is 493 g/mol. The van der Waals surface area contributed by atoms with Gasteiger partial charge in [0.25, 0.3) is 0 Å². The lowest BCUT2D eigenvalue weighted by Gasteiger charge is -2.20. The average Bonchev–Trinajstić information content (AvgIpc) is 2.72. The van der Waals surface area contributed by atoms with Crippen molar-refractivity contribution in [3.8, 4) is 11.8 Å². The number of rotatable bonds is 20. The van der Waals surface area contributed by atoms with E-state index in [9.17, 15) is 4.79 Å². The summed E-state index contributed by atoms with van der Waals surface area (Å²) in [7, 11) is 3.64. The molecule has 0 spiro atoms. The molecule has 0 aromatic rings. The van der Waals surface area contributed by atoms with Crippen molar-refractivity contribution >= 4 is 27.5 Å². The van der Waals surface area contributed by atoms with E-state index in [1.54, 1.807) is 10.8 Å². The molecular formula is C23H44N2O5S2. The predicted molar refractivity (Wildman–Crippen MR) is 136 cm³/mol. The molecule has 0 aliphatic carbocycles. The Morgan fingerprint density at radius 3 is 2.12 bits per heavy atom. The summed E-state index contributed by atoms with van der Waals surface area (Å²) in [6.07, 6.45) is 0. The van der Waals surface area contributed by atoms with Gasteiger partial charge in [-0.2, -0.15) is 0 Å². The molecule has 0 aromatic carbocycles. The normalized spacial score (nSPS) is 12.3. The van der Waals surface area contributed by atoms with Crippen molar-refractivity contribution in [2.75, 3.05) is 65.1 Å². The molecule has 7 nitrogen and oxygen atoms in total. The molecule has 0 rings (SSSR count). The zero-order valence-electron chi connectivity index (χ0n) is 20.7. The smallest absolute Gasteiger partial charge is 0.246 e. The zero-order valence-corrected chi connectivity index (χ0v) is 22.4. The number of nitrogens with one attached hydrogen (secondary N) is 2. The number of carbonyl (C=O) groups is 1. The van der Waals surface area contributed by atoms with Crippen LogP contribution in [0, 0.1) is 23.7 Å². The standard InChI is InChI=1S/C23H44N2O5S2/c1-19(2)8-7-9-25-22(26)18-29-14-13-27-11-12-28-15-16-30-23(20(3)4)32-31-17-10-24-21(5)6/h19-21,23-24H,9-18H2,1-6H3,(H,25,26). The lowest BCUT2D eigenvalue weighted by Crippen LogP contribution is -2.28. The van der Waals surface area contributed by atoms with Crippen LogP contribution in [0.2, 0.25) is 0 Å². The summed E-state index contributed by atoms with van der Waals surface area (Å²) in [5, 5.41) is 6.10. The molecule has 1 atom stereocenters. The van der Waals surface area contributed by atoms with Crippen LogP contribution in [0.5, 0.6) is 0 Å². The first-order valence-electron chi connectivity index (χ1n) is 11.4. The van der Waals surface area contributed by atoms with Crippen molar-refractivity contribution in [1.29, 1.82) is 0 Å². The predicted octanol–water partition coefficient (Wildman–Crippen LogP) is 3.19. The van der Waals surface area contributed by atoms with E-state index < -0.39 is 0 Å². The van der Waals surface area contributed by atoms with Crippen molar-refractivity contribution in [2.45, 2.75) is 53.0 Å². The molecule has 1 unspecified atom stereocenters. The maximum absolute atomic E-state index is 11.5. The zero-order chi connectivity index (χ0) is 24.0. The molecule has 0 aliphatic heterocycles. The van der Waals surface area contributed by atoms with Gasteiger partial charge in [-0.3, -0.25) is 4.79 Å². The van der Waals surface area contributed by atoms with Gasteiger partial charge < -0.3 is 29.6 Å². The van der Waals surface area contributed by atoms with Crippen molar-refractivity contribution in [1.82, 2.24) is 10.6 Å². The molecule has 0 aromatic heterocycles. The van der Waals surface area contributed by atoms with Gasteiger partial charge >= 0.3 is 0 Å². The second-order valence-electron chi connectivity index (χ2n) is 8.04. The lowest BCUT2D eigenvalue weighted by atomic mass is 10.2. The lowest BCUT2D eigenvalue weighted by molar-refractivity contribution is -0.126. The van der Waals surface area contributed by atoms with Gasteiger partial charge in [-0.05, 0) is 5.92 Å². The molecule has 0 saturated heterocycles. The highest BCUT2D eigenvalue weighted by Gasteiger charge is 2.14. The van der Waals surface area contributed by atoms with Gasteiger partial charge in [-0.25, -0.2) is 0 Å². The van der Waals surface area contributed by atoms with Gasteiger partial charge in [0, 0.05) is 24.3 Å². The number of amides is 1. The van der Waals surface area contributed by atoms with Crippen molar-refractivity contribution in [2.24, 2.45) is 11.8 Å². The summed E-state index contributed by atoms with van der Waals surface area (Å²) in [6.45, 7) is 17.0. The quantitative estimate of drug-likeness (QED) is 0.116. The van der Waals surface area contributed by atoms with Crippen LogP contribution in [0.1, 0.15) is 41.5 Å². The highest BCUT2D eigenvalue weighted by Crippen LogP contribution is 2.31. The van der Waals surface area contributed by atoms with Gasteiger partial charge in [-0.15, -0.1) is 0 Å². The van der Waals surface area contributed by atoms with Crippen LogP contribution in [-0.2, 0) is 23.7 Å². The first-order valence-corrected chi connectivity index (χ1v) is 13.8. The minimum atomic E-state index is -0.171. The summed E-state index contributed by atoms with van der Waals surface area (Å²) in [5.74, 6) is 7.52. The van der Waals surface area contributed by atoms with Crippen LogP contribution in [0.3, 0.4) is 0 Å². The minimum Gasteiger partial charge on any atom is -0.377 e. The van der Waals surface area contributed by atoms with E-state index in [-0.39, 0.29) is 18.0 Å². The first kappa shape index (κ1) is 31.5. The van der Waals surface area contributed by atoms with E-state index in [1.165, 1.54) is 0 Å². The molecule has 0 bridgehead atoms. The molecule has 32 heavy (non-hydrogen) atoms. The monoisotopic (exact) mass is 492 g/mol. The molecule has 188 valence electrons. The number of carbonyl (C=O) groups excluding carboxylic acids is 1. The fourth-order valence-corrected chi connectivity index (χ4v) is 4.69. The Kier molecular flexibility index (Phi) is 22.0. The molecule has 0 radical (unpaired) electrons. The Morgan fingerprint density at radius 2 is 1.53 bits per heavy atom. The first-order chi connectivity index (χ1) is 15.3. The Hall–Kier alpha value is -0.470.